The summed E-state index contributed by atoms with van der Waals surface area (Å²) in [5.74, 6) is 1.27. The van der Waals surface area contributed by atoms with E-state index in [0.29, 0.717) is 18.3 Å². The lowest BCUT2D eigenvalue weighted by molar-refractivity contribution is 0.114. The van der Waals surface area contributed by atoms with Gasteiger partial charge in [-0.25, -0.2) is 0 Å². The van der Waals surface area contributed by atoms with Gasteiger partial charge in [0.15, 0.2) is 0 Å². The predicted molar refractivity (Wildman–Crippen MR) is 106 cm³/mol. The van der Waals surface area contributed by atoms with E-state index < -0.39 is 0 Å². The normalized spacial score (nSPS) is 15.9. The molecule has 0 aliphatic carbocycles. The van der Waals surface area contributed by atoms with Gasteiger partial charge in [0.25, 0.3) is 0 Å². The van der Waals surface area contributed by atoms with Crippen LogP contribution in [0.25, 0.3) is 11.5 Å². The van der Waals surface area contributed by atoms with Crippen LogP contribution >= 0.6 is 11.6 Å². The highest BCUT2D eigenvalue weighted by Crippen LogP contribution is 2.20. The first kappa shape index (κ1) is 18.2. The molecule has 0 atom stereocenters. The third-order valence-electron chi connectivity index (χ3n) is 4.88. The Kier molecular flexibility index (Phi) is 5.53. The van der Waals surface area contributed by atoms with Gasteiger partial charge in [0.2, 0.25) is 11.8 Å². The van der Waals surface area contributed by atoms with Crippen molar-refractivity contribution in [1.29, 1.82) is 0 Å². The van der Waals surface area contributed by atoms with Crippen LogP contribution in [0.1, 0.15) is 17.0 Å². The van der Waals surface area contributed by atoms with E-state index in [1.165, 1.54) is 11.1 Å². The fourth-order valence-corrected chi connectivity index (χ4v) is 3.48. The van der Waals surface area contributed by atoms with E-state index in [1.54, 1.807) is 0 Å². The molecule has 6 heteroatoms. The van der Waals surface area contributed by atoms with E-state index in [2.05, 4.69) is 51.2 Å². The fraction of sp³-hybridized carbons (Fsp3) is 0.333. The molecule has 1 aromatic heterocycles. The van der Waals surface area contributed by atoms with Crippen molar-refractivity contribution < 1.29 is 4.42 Å². The molecule has 1 aliphatic rings. The Balaban J connectivity index is 1.30. The number of hydrogen-bond acceptors (Lipinski definition) is 5. The predicted octanol–water partition coefficient (Wildman–Crippen LogP) is 4.02. The lowest BCUT2D eigenvalue weighted by atomic mass is 10.1. The first-order valence-corrected chi connectivity index (χ1v) is 9.62. The SMILES string of the molecule is Cc1cccc(-c2nnc(CN3CCN(Cc4ccc(Cl)cc4)CC3)o2)c1. The molecule has 0 unspecified atom stereocenters. The van der Waals surface area contributed by atoms with Crippen LogP contribution in [0.2, 0.25) is 5.02 Å². The highest BCUT2D eigenvalue weighted by atomic mass is 35.5. The monoisotopic (exact) mass is 382 g/mol. The summed E-state index contributed by atoms with van der Waals surface area (Å²) < 4.78 is 5.87. The zero-order chi connectivity index (χ0) is 18.6. The van der Waals surface area contributed by atoms with Crippen LogP contribution in [0.4, 0.5) is 0 Å². The van der Waals surface area contributed by atoms with E-state index >= 15 is 0 Å². The molecule has 5 nitrogen and oxygen atoms in total. The Morgan fingerprint density at radius 2 is 1.63 bits per heavy atom. The summed E-state index contributed by atoms with van der Waals surface area (Å²) in [6.45, 7) is 7.77. The lowest BCUT2D eigenvalue weighted by Crippen LogP contribution is -2.45. The van der Waals surface area contributed by atoms with Crippen LogP contribution in [0, 0.1) is 6.92 Å². The second kappa shape index (κ2) is 8.21. The number of aryl methyl sites for hydroxylation is 1. The minimum atomic E-state index is 0.593. The van der Waals surface area contributed by atoms with Crippen molar-refractivity contribution in [1.82, 2.24) is 20.0 Å². The quantitative estimate of drug-likeness (QED) is 0.667. The maximum Gasteiger partial charge on any atom is 0.247 e. The molecule has 3 aromatic rings. The van der Waals surface area contributed by atoms with Gasteiger partial charge in [-0.1, -0.05) is 41.4 Å². The van der Waals surface area contributed by atoms with E-state index in [-0.39, 0.29) is 0 Å². The minimum Gasteiger partial charge on any atom is -0.419 e. The van der Waals surface area contributed by atoms with Gasteiger partial charge in [0, 0.05) is 43.3 Å². The molecule has 0 spiro atoms. The van der Waals surface area contributed by atoms with Crippen LogP contribution in [-0.4, -0.2) is 46.2 Å². The van der Waals surface area contributed by atoms with Gasteiger partial charge in [0.05, 0.1) is 6.54 Å². The second-order valence-corrected chi connectivity index (χ2v) is 7.49. The Bertz CT molecular complexity index is 885. The van der Waals surface area contributed by atoms with E-state index in [9.17, 15) is 0 Å². The average molecular weight is 383 g/mol. The van der Waals surface area contributed by atoms with Gasteiger partial charge in [-0.2, -0.15) is 0 Å². The molecule has 140 valence electrons. The molecule has 0 amide bonds. The third-order valence-corrected chi connectivity index (χ3v) is 5.13. The van der Waals surface area contributed by atoms with Gasteiger partial charge in [-0.3, -0.25) is 9.80 Å². The molecule has 1 aliphatic heterocycles. The van der Waals surface area contributed by atoms with Gasteiger partial charge in [-0.15, -0.1) is 10.2 Å². The highest BCUT2D eigenvalue weighted by Gasteiger charge is 2.19. The summed E-state index contributed by atoms with van der Waals surface area (Å²) in [7, 11) is 0. The van der Waals surface area contributed by atoms with Crippen LogP contribution in [0.15, 0.2) is 52.9 Å². The fourth-order valence-electron chi connectivity index (χ4n) is 3.36. The van der Waals surface area contributed by atoms with Gasteiger partial charge >= 0.3 is 0 Å². The smallest absolute Gasteiger partial charge is 0.247 e. The maximum atomic E-state index is 5.96. The number of halogens is 1. The molecule has 2 aromatic carbocycles. The van der Waals surface area contributed by atoms with Crippen molar-refractivity contribution in [2.24, 2.45) is 0 Å². The summed E-state index contributed by atoms with van der Waals surface area (Å²) in [6, 6.07) is 16.2. The molecule has 0 saturated carbocycles. The van der Waals surface area contributed by atoms with Gasteiger partial charge < -0.3 is 4.42 Å². The zero-order valence-corrected chi connectivity index (χ0v) is 16.2. The Hall–Kier alpha value is -2.21. The number of piperazine rings is 1. The van der Waals surface area contributed by atoms with Gasteiger partial charge in [0.1, 0.15) is 0 Å². The molecule has 4 rings (SSSR count). The molecule has 27 heavy (non-hydrogen) atoms. The van der Waals surface area contributed by atoms with Gasteiger partial charge in [-0.05, 0) is 36.8 Å². The van der Waals surface area contributed by atoms with Crippen molar-refractivity contribution in [3.05, 3.63) is 70.6 Å². The van der Waals surface area contributed by atoms with E-state index in [0.717, 1.165) is 43.3 Å². The average Bonchev–Trinajstić information content (AvgIpc) is 3.14. The van der Waals surface area contributed by atoms with E-state index in [4.69, 9.17) is 16.0 Å². The Morgan fingerprint density at radius 3 is 2.33 bits per heavy atom. The number of benzene rings is 2. The van der Waals surface area contributed by atoms with Crippen molar-refractivity contribution in [3.8, 4) is 11.5 Å². The summed E-state index contributed by atoms with van der Waals surface area (Å²) in [6.07, 6.45) is 0. The summed E-state index contributed by atoms with van der Waals surface area (Å²) in [5.41, 5.74) is 3.46. The number of aromatic nitrogens is 2. The summed E-state index contributed by atoms with van der Waals surface area (Å²) in [5, 5.41) is 9.22. The standard InChI is InChI=1S/C21H23ClN4O/c1-16-3-2-4-18(13-16)21-24-23-20(27-21)15-26-11-9-25(10-12-26)14-17-5-7-19(22)8-6-17/h2-8,13H,9-12,14-15H2,1H3. The van der Waals surface area contributed by atoms with Crippen molar-refractivity contribution in [3.63, 3.8) is 0 Å². The van der Waals surface area contributed by atoms with Crippen LogP contribution in [-0.2, 0) is 13.1 Å². The summed E-state index contributed by atoms with van der Waals surface area (Å²) >= 11 is 5.96. The minimum absolute atomic E-state index is 0.593. The van der Waals surface area contributed by atoms with Crippen molar-refractivity contribution >= 4 is 11.6 Å². The zero-order valence-electron chi connectivity index (χ0n) is 15.4. The second-order valence-electron chi connectivity index (χ2n) is 7.05. The van der Waals surface area contributed by atoms with Crippen LogP contribution < -0.4 is 0 Å². The Morgan fingerprint density at radius 1 is 0.926 bits per heavy atom. The summed E-state index contributed by atoms with van der Waals surface area (Å²) in [4.78, 5) is 4.83. The topological polar surface area (TPSA) is 45.4 Å². The first-order chi connectivity index (χ1) is 13.2. The first-order valence-electron chi connectivity index (χ1n) is 9.24. The molecule has 0 bridgehead atoms. The molecule has 1 fully saturated rings. The number of nitrogens with zero attached hydrogens (tertiary/aromatic N) is 4. The molecule has 0 N–H and O–H groups in total. The molecule has 1 saturated heterocycles. The molecule has 2 heterocycles. The molecular weight excluding hydrogens is 360 g/mol. The third kappa shape index (κ3) is 4.75. The van der Waals surface area contributed by atoms with E-state index in [1.807, 2.05) is 24.3 Å². The number of hydrogen-bond donors (Lipinski definition) is 0. The number of rotatable bonds is 5. The largest absolute Gasteiger partial charge is 0.419 e. The molecular formula is C21H23ClN4O. The maximum absolute atomic E-state index is 5.96. The highest BCUT2D eigenvalue weighted by molar-refractivity contribution is 6.30. The van der Waals surface area contributed by atoms with Crippen LogP contribution in [0.3, 0.4) is 0 Å². The van der Waals surface area contributed by atoms with Crippen LogP contribution in [0.5, 0.6) is 0 Å². The lowest BCUT2D eigenvalue weighted by Gasteiger charge is -2.33. The Labute approximate surface area is 164 Å². The molecule has 0 radical (unpaired) electrons. The van der Waals surface area contributed by atoms with Crippen molar-refractivity contribution in [2.75, 3.05) is 26.2 Å². The van der Waals surface area contributed by atoms with Crippen molar-refractivity contribution in [2.45, 2.75) is 20.0 Å².